The largest absolute Gasteiger partial charge is 0.444 e. The molecule has 0 aromatic rings. The predicted molar refractivity (Wildman–Crippen MR) is 77.6 cm³/mol. The lowest BCUT2D eigenvalue weighted by Gasteiger charge is -2.32. The van der Waals surface area contributed by atoms with E-state index in [1.807, 2.05) is 20.8 Å². The summed E-state index contributed by atoms with van der Waals surface area (Å²) in [6, 6.07) is 0. The lowest BCUT2D eigenvalue weighted by atomic mass is 9.97. The van der Waals surface area contributed by atoms with E-state index in [1.54, 1.807) is 4.90 Å². The van der Waals surface area contributed by atoms with Gasteiger partial charge in [-0.25, -0.2) is 9.59 Å². The molecule has 0 saturated carbocycles. The van der Waals surface area contributed by atoms with Crippen LogP contribution in [0.1, 0.15) is 46.5 Å². The van der Waals surface area contributed by atoms with Crippen molar-refractivity contribution in [2.24, 2.45) is 5.92 Å². The molecule has 0 N–H and O–H groups in total. The second-order valence-electron chi connectivity index (χ2n) is 6.75. The van der Waals surface area contributed by atoms with Gasteiger partial charge in [0.2, 0.25) is 0 Å². The third kappa shape index (κ3) is 4.35. The number of carbonyl (C=O) groups excluding carboxylic acids is 3. The summed E-state index contributed by atoms with van der Waals surface area (Å²) in [7, 11) is 0. The molecule has 7 nitrogen and oxygen atoms in total. The number of amides is 2. The normalized spacial score (nSPS) is 20.2. The Morgan fingerprint density at radius 2 is 1.77 bits per heavy atom. The Bertz CT molecular complexity index is 449. The number of ether oxygens (including phenoxy) is 1. The van der Waals surface area contributed by atoms with Crippen molar-refractivity contribution in [3.05, 3.63) is 0 Å². The standard InChI is InChI=1S/C15H24N2O5/c1-15(2,3)21-14(20)16-9-6-11(7-10-16)13(19)22-17-8-4-5-12(17)18/h11H,4-10H2,1-3H3. The van der Waals surface area contributed by atoms with Gasteiger partial charge in [-0.1, -0.05) is 0 Å². The molecule has 0 atom stereocenters. The van der Waals surface area contributed by atoms with E-state index in [1.165, 1.54) is 0 Å². The fourth-order valence-electron chi connectivity index (χ4n) is 2.53. The minimum Gasteiger partial charge on any atom is -0.444 e. The summed E-state index contributed by atoms with van der Waals surface area (Å²) in [6.45, 7) is 6.86. The highest BCUT2D eigenvalue weighted by Gasteiger charge is 2.33. The van der Waals surface area contributed by atoms with Crippen molar-refractivity contribution < 1.29 is 24.0 Å². The fraction of sp³-hybridized carbons (Fsp3) is 0.800. The monoisotopic (exact) mass is 312 g/mol. The summed E-state index contributed by atoms with van der Waals surface area (Å²) in [4.78, 5) is 42.2. The predicted octanol–water partition coefficient (Wildman–Crippen LogP) is 1.71. The van der Waals surface area contributed by atoms with Crippen molar-refractivity contribution in [2.45, 2.75) is 52.1 Å². The highest BCUT2D eigenvalue weighted by molar-refractivity contribution is 5.80. The second kappa shape index (κ2) is 6.54. The average Bonchev–Trinajstić information content (AvgIpc) is 2.82. The van der Waals surface area contributed by atoms with Crippen molar-refractivity contribution in [1.82, 2.24) is 9.96 Å². The van der Waals surface area contributed by atoms with E-state index in [9.17, 15) is 14.4 Å². The first kappa shape index (κ1) is 16.6. The molecule has 0 aromatic carbocycles. The van der Waals surface area contributed by atoms with E-state index in [0.29, 0.717) is 38.9 Å². The first-order chi connectivity index (χ1) is 10.3. The van der Waals surface area contributed by atoms with Crippen molar-refractivity contribution in [3.8, 4) is 0 Å². The molecule has 7 heteroatoms. The number of nitrogens with zero attached hydrogens (tertiary/aromatic N) is 2. The van der Waals surface area contributed by atoms with Crippen LogP contribution >= 0.6 is 0 Å². The number of piperidine rings is 1. The van der Waals surface area contributed by atoms with Gasteiger partial charge in [0.05, 0.1) is 12.5 Å². The minimum atomic E-state index is -0.525. The molecule has 2 amide bonds. The van der Waals surface area contributed by atoms with Gasteiger partial charge in [0, 0.05) is 19.5 Å². The smallest absolute Gasteiger partial charge is 0.410 e. The summed E-state index contributed by atoms with van der Waals surface area (Å²) >= 11 is 0. The summed E-state index contributed by atoms with van der Waals surface area (Å²) in [5, 5.41) is 1.16. The highest BCUT2D eigenvalue weighted by Crippen LogP contribution is 2.22. The Hall–Kier alpha value is -1.79. The zero-order chi connectivity index (χ0) is 16.3. The molecule has 0 unspecified atom stereocenters. The molecule has 124 valence electrons. The second-order valence-corrected chi connectivity index (χ2v) is 6.75. The number of hydroxylamine groups is 2. The minimum absolute atomic E-state index is 0.139. The highest BCUT2D eigenvalue weighted by atomic mass is 16.7. The third-order valence-electron chi connectivity index (χ3n) is 3.71. The summed E-state index contributed by atoms with van der Waals surface area (Å²) < 4.78 is 5.31. The molecule has 2 fully saturated rings. The van der Waals surface area contributed by atoms with Gasteiger partial charge in [0.25, 0.3) is 5.91 Å². The maximum absolute atomic E-state index is 12.1. The molecule has 2 rings (SSSR count). The van der Waals surface area contributed by atoms with E-state index in [4.69, 9.17) is 9.57 Å². The molecule has 2 aliphatic heterocycles. The molecule has 2 saturated heterocycles. The van der Waals surface area contributed by atoms with Gasteiger partial charge in [-0.3, -0.25) is 4.79 Å². The van der Waals surface area contributed by atoms with Crippen LogP contribution in [0.3, 0.4) is 0 Å². The maximum Gasteiger partial charge on any atom is 0.410 e. The van der Waals surface area contributed by atoms with Gasteiger partial charge < -0.3 is 14.5 Å². The third-order valence-corrected chi connectivity index (χ3v) is 3.71. The molecule has 2 aliphatic rings. The van der Waals surface area contributed by atoms with Crippen molar-refractivity contribution in [1.29, 1.82) is 0 Å². The zero-order valence-corrected chi connectivity index (χ0v) is 13.5. The van der Waals surface area contributed by atoms with E-state index < -0.39 is 5.60 Å². The van der Waals surface area contributed by atoms with Crippen LogP contribution in [0, 0.1) is 5.92 Å². The van der Waals surface area contributed by atoms with Crippen LogP contribution in [0.25, 0.3) is 0 Å². The Kier molecular flexibility index (Phi) is 4.93. The van der Waals surface area contributed by atoms with Gasteiger partial charge in [0.1, 0.15) is 5.60 Å². The number of hydrogen-bond acceptors (Lipinski definition) is 5. The van der Waals surface area contributed by atoms with Crippen LogP contribution in [-0.2, 0) is 19.2 Å². The Morgan fingerprint density at radius 1 is 1.14 bits per heavy atom. The van der Waals surface area contributed by atoms with Crippen molar-refractivity contribution >= 4 is 18.0 Å². The number of rotatable bonds is 2. The molecule has 0 radical (unpaired) electrons. The molecular weight excluding hydrogens is 288 g/mol. The Morgan fingerprint density at radius 3 is 2.27 bits per heavy atom. The van der Waals surface area contributed by atoms with E-state index in [2.05, 4.69) is 0 Å². The topological polar surface area (TPSA) is 76.2 Å². The Labute approximate surface area is 130 Å². The van der Waals surface area contributed by atoms with Gasteiger partial charge in [-0.2, -0.15) is 5.06 Å². The number of likely N-dealkylation sites (tertiary alicyclic amines) is 1. The number of hydrogen-bond donors (Lipinski definition) is 0. The van der Waals surface area contributed by atoms with Gasteiger partial charge in [-0.05, 0) is 40.0 Å². The lowest BCUT2D eigenvalue weighted by Crippen LogP contribution is -2.44. The van der Waals surface area contributed by atoms with Crippen LogP contribution in [0.15, 0.2) is 0 Å². The van der Waals surface area contributed by atoms with E-state index >= 15 is 0 Å². The van der Waals surface area contributed by atoms with Gasteiger partial charge in [-0.15, -0.1) is 0 Å². The quantitative estimate of drug-likeness (QED) is 0.776. The fourth-order valence-corrected chi connectivity index (χ4v) is 2.53. The average molecular weight is 312 g/mol. The van der Waals surface area contributed by atoms with Crippen molar-refractivity contribution in [3.63, 3.8) is 0 Å². The summed E-state index contributed by atoms with van der Waals surface area (Å²) in [5.74, 6) is -0.786. The molecule has 0 bridgehead atoms. The molecule has 0 spiro atoms. The Balaban J connectivity index is 1.78. The summed E-state index contributed by atoms with van der Waals surface area (Å²) in [5.41, 5.74) is -0.525. The molecular formula is C15H24N2O5. The van der Waals surface area contributed by atoms with E-state index in [0.717, 1.165) is 11.5 Å². The summed E-state index contributed by atoms with van der Waals surface area (Å²) in [6.07, 6.45) is 1.86. The zero-order valence-electron chi connectivity index (χ0n) is 13.5. The first-order valence-corrected chi connectivity index (χ1v) is 7.76. The van der Waals surface area contributed by atoms with Crippen LogP contribution in [-0.4, -0.2) is 53.2 Å². The molecule has 2 heterocycles. The van der Waals surface area contributed by atoms with Crippen LogP contribution in [0.4, 0.5) is 4.79 Å². The molecule has 0 aromatic heterocycles. The van der Waals surface area contributed by atoms with Gasteiger partial charge >= 0.3 is 12.1 Å². The van der Waals surface area contributed by atoms with Crippen LogP contribution in [0.5, 0.6) is 0 Å². The first-order valence-electron chi connectivity index (χ1n) is 7.76. The SMILES string of the molecule is CC(C)(C)OC(=O)N1CCC(C(=O)ON2CCCC2=O)CC1. The van der Waals surface area contributed by atoms with Gasteiger partial charge in [0.15, 0.2) is 0 Å². The van der Waals surface area contributed by atoms with Crippen LogP contribution in [0.2, 0.25) is 0 Å². The van der Waals surface area contributed by atoms with Crippen LogP contribution < -0.4 is 0 Å². The lowest BCUT2D eigenvalue weighted by molar-refractivity contribution is -0.197. The molecule has 22 heavy (non-hydrogen) atoms. The molecule has 0 aliphatic carbocycles. The number of carbonyl (C=O) groups is 3. The maximum atomic E-state index is 12.1. The van der Waals surface area contributed by atoms with E-state index in [-0.39, 0.29) is 23.9 Å². The van der Waals surface area contributed by atoms with Crippen molar-refractivity contribution in [2.75, 3.05) is 19.6 Å².